The lowest BCUT2D eigenvalue weighted by Gasteiger charge is -2.35. The average Bonchev–Trinajstić information content (AvgIpc) is 2.53. The summed E-state index contributed by atoms with van der Waals surface area (Å²) in [5, 5.41) is 0. The highest BCUT2D eigenvalue weighted by molar-refractivity contribution is 7.46. The van der Waals surface area contributed by atoms with Crippen molar-refractivity contribution in [2.75, 3.05) is 26.4 Å². The molecule has 2 heterocycles. The topological polar surface area (TPSA) is 36.9 Å². The van der Waals surface area contributed by atoms with Crippen LogP contribution in [0.1, 0.15) is 38.8 Å². The van der Waals surface area contributed by atoms with E-state index in [-0.39, 0.29) is 10.8 Å². The zero-order valence-corrected chi connectivity index (χ0v) is 16.9. The Kier molecular flexibility index (Phi) is 5.97. The fourth-order valence-corrected chi connectivity index (χ4v) is 6.13. The first kappa shape index (κ1) is 18.7. The molecule has 2 fully saturated rings. The normalized spacial score (nSPS) is 24.8. The Bertz CT molecular complexity index is 493. The SMILES string of the molecule is CC1(C)COP(Cc2ccccc2CP2OCC(C)(C)CO2)OC1. The third kappa shape index (κ3) is 5.21. The maximum Gasteiger partial charge on any atom is 0.175 e. The molecule has 4 nitrogen and oxygen atoms in total. The number of hydrogen-bond donors (Lipinski definition) is 0. The van der Waals surface area contributed by atoms with Crippen LogP contribution >= 0.6 is 16.8 Å². The summed E-state index contributed by atoms with van der Waals surface area (Å²) in [6.07, 6.45) is 1.69. The lowest BCUT2D eigenvalue weighted by Crippen LogP contribution is -2.28. The lowest BCUT2D eigenvalue weighted by atomic mass is 9.97. The summed E-state index contributed by atoms with van der Waals surface area (Å²) in [7, 11) is -1.67. The van der Waals surface area contributed by atoms with Crippen molar-refractivity contribution in [3.05, 3.63) is 35.4 Å². The van der Waals surface area contributed by atoms with Gasteiger partial charge in [-0.15, -0.1) is 0 Å². The highest BCUT2D eigenvalue weighted by atomic mass is 31.2. The second kappa shape index (κ2) is 7.66. The Hall–Kier alpha value is -0.0800. The van der Waals surface area contributed by atoms with Crippen molar-refractivity contribution in [2.24, 2.45) is 10.8 Å². The Morgan fingerprint density at radius 3 is 1.38 bits per heavy atom. The van der Waals surface area contributed by atoms with E-state index in [9.17, 15) is 0 Å². The molecule has 0 bridgehead atoms. The molecule has 0 spiro atoms. The van der Waals surface area contributed by atoms with Gasteiger partial charge >= 0.3 is 0 Å². The summed E-state index contributed by atoms with van der Waals surface area (Å²) in [5.41, 5.74) is 2.83. The van der Waals surface area contributed by atoms with Gasteiger partial charge < -0.3 is 18.1 Å². The fraction of sp³-hybridized carbons (Fsp3) is 0.667. The third-order valence-corrected chi connectivity index (χ3v) is 6.98. The van der Waals surface area contributed by atoms with Gasteiger partial charge in [-0.1, -0.05) is 52.0 Å². The zero-order chi connectivity index (χ0) is 17.2. The van der Waals surface area contributed by atoms with Crippen molar-refractivity contribution in [1.82, 2.24) is 0 Å². The van der Waals surface area contributed by atoms with Crippen molar-refractivity contribution in [3.8, 4) is 0 Å². The van der Waals surface area contributed by atoms with Crippen LogP contribution in [0.5, 0.6) is 0 Å². The van der Waals surface area contributed by atoms with Gasteiger partial charge in [-0.3, -0.25) is 0 Å². The highest BCUT2D eigenvalue weighted by Gasteiger charge is 2.31. The predicted octanol–water partition coefficient (Wildman–Crippen LogP) is 5.46. The molecular weight excluding hydrogens is 342 g/mol. The molecule has 6 heteroatoms. The van der Waals surface area contributed by atoms with E-state index in [1.54, 1.807) is 0 Å². The molecule has 24 heavy (non-hydrogen) atoms. The molecule has 0 amide bonds. The van der Waals surface area contributed by atoms with Crippen molar-refractivity contribution in [2.45, 2.75) is 40.0 Å². The molecule has 2 aliphatic rings. The summed E-state index contributed by atoms with van der Waals surface area (Å²) in [4.78, 5) is 0. The summed E-state index contributed by atoms with van der Waals surface area (Å²) >= 11 is 0. The summed E-state index contributed by atoms with van der Waals surface area (Å²) in [6, 6.07) is 8.52. The van der Waals surface area contributed by atoms with Crippen molar-refractivity contribution in [1.29, 1.82) is 0 Å². The van der Waals surface area contributed by atoms with Crippen molar-refractivity contribution >= 4 is 16.8 Å². The molecule has 0 N–H and O–H groups in total. The van der Waals surface area contributed by atoms with Gasteiger partial charge in [0.15, 0.2) is 16.8 Å². The molecule has 134 valence electrons. The average molecular weight is 370 g/mol. The van der Waals surface area contributed by atoms with Gasteiger partial charge in [-0.2, -0.15) is 0 Å². The Morgan fingerprint density at radius 2 is 1.04 bits per heavy atom. The molecule has 2 aliphatic heterocycles. The van der Waals surface area contributed by atoms with Gasteiger partial charge in [0.25, 0.3) is 0 Å². The largest absolute Gasteiger partial charge is 0.333 e. The van der Waals surface area contributed by atoms with Crippen LogP contribution in [0.4, 0.5) is 0 Å². The van der Waals surface area contributed by atoms with Gasteiger partial charge in [0.1, 0.15) is 0 Å². The van der Waals surface area contributed by atoms with Gasteiger partial charge in [-0.25, -0.2) is 0 Å². The Balaban J connectivity index is 1.59. The minimum atomic E-state index is -0.836. The minimum Gasteiger partial charge on any atom is -0.333 e. The van der Waals surface area contributed by atoms with E-state index in [1.807, 2.05) is 0 Å². The van der Waals surface area contributed by atoms with Crippen LogP contribution in [0.3, 0.4) is 0 Å². The quantitative estimate of drug-likeness (QED) is 0.660. The molecule has 0 radical (unpaired) electrons. The second-order valence-corrected chi connectivity index (χ2v) is 11.2. The molecule has 0 aliphatic carbocycles. The van der Waals surface area contributed by atoms with E-state index in [2.05, 4.69) is 52.0 Å². The predicted molar refractivity (Wildman–Crippen MR) is 99.1 cm³/mol. The number of hydrogen-bond acceptors (Lipinski definition) is 4. The molecule has 1 aromatic rings. The number of rotatable bonds is 4. The van der Waals surface area contributed by atoms with Crippen LogP contribution in [-0.2, 0) is 30.4 Å². The van der Waals surface area contributed by atoms with Gasteiger partial charge in [0.05, 0.1) is 26.4 Å². The second-order valence-electron chi connectivity index (χ2n) is 8.17. The van der Waals surface area contributed by atoms with Crippen LogP contribution in [0.15, 0.2) is 24.3 Å². The lowest BCUT2D eigenvalue weighted by molar-refractivity contribution is 0.0607. The van der Waals surface area contributed by atoms with E-state index < -0.39 is 16.8 Å². The van der Waals surface area contributed by atoms with Crippen LogP contribution in [0.2, 0.25) is 0 Å². The van der Waals surface area contributed by atoms with Gasteiger partial charge in [-0.05, 0) is 11.1 Å². The zero-order valence-electron chi connectivity index (χ0n) is 15.1. The van der Waals surface area contributed by atoms with Crippen LogP contribution < -0.4 is 0 Å². The van der Waals surface area contributed by atoms with Crippen molar-refractivity contribution in [3.63, 3.8) is 0 Å². The molecular formula is C18H28O4P2. The third-order valence-electron chi connectivity index (χ3n) is 4.11. The Labute approximate surface area is 148 Å². The molecule has 0 unspecified atom stereocenters. The van der Waals surface area contributed by atoms with Crippen molar-refractivity contribution < 1.29 is 18.1 Å². The molecule has 3 rings (SSSR count). The smallest absolute Gasteiger partial charge is 0.175 e. The monoisotopic (exact) mass is 370 g/mol. The van der Waals surface area contributed by atoms with Gasteiger partial charge in [0, 0.05) is 23.2 Å². The van der Waals surface area contributed by atoms with E-state index in [0.717, 1.165) is 38.8 Å². The summed E-state index contributed by atoms with van der Waals surface area (Å²) in [6.45, 7) is 11.8. The Morgan fingerprint density at radius 1 is 0.708 bits per heavy atom. The fourth-order valence-electron chi connectivity index (χ4n) is 2.47. The van der Waals surface area contributed by atoms with E-state index >= 15 is 0 Å². The number of benzene rings is 1. The standard InChI is InChI=1S/C18H28O4P2/c1-17(2)11-19-23(20-12-17)9-15-7-5-6-8-16(15)10-24-21-13-18(3,4)14-22-24/h5-8H,9-14H2,1-4H3. The first-order valence-electron chi connectivity index (χ1n) is 8.47. The molecule has 0 aromatic heterocycles. The summed E-state index contributed by atoms with van der Waals surface area (Å²) < 4.78 is 23.8. The van der Waals surface area contributed by atoms with Gasteiger partial charge in [0.2, 0.25) is 0 Å². The van der Waals surface area contributed by atoms with E-state index in [4.69, 9.17) is 18.1 Å². The van der Waals surface area contributed by atoms with Crippen LogP contribution in [0.25, 0.3) is 0 Å². The first-order chi connectivity index (χ1) is 11.3. The summed E-state index contributed by atoms with van der Waals surface area (Å²) in [5.74, 6) is 0. The van der Waals surface area contributed by atoms with E-state index in [1.165, 1.54) is 11.1 Å². The highest BCUT2D eigenvalue weighted by Crippen LogP contribution is 2.51. The first-order valence-corrected chi connectivity index (χ1v) is 11.2. The van der Waals surface area contributed by atoms with Crippen LogP contribution in [0, 0.1) is 10.8 Å². The molecule has 1 aromatic carbocycles. The maximum absolute atomic E-state index is 5.95. The van der Waals surface area contributed by atoms with E-state index in [0.29, 0.717) is 0 Å². The molecule has 0 saturated carbocycles. The molecule has 0 atom stereocenters. The van der Waals surface area contributed by atoms with Crippen LogP contribution in [-0.4, -0.2) is 26.4 Å². The molecule has 2 saturated heterocycles. The maximum atomic E-state index is 5.95. The minimum absolute atomic E-state index is 0.123.